The first-order chi connectivity index (χ1) is 10.3. The van der Waals surface area contributed by atoms with Crippen LogP contribution < -0.4 is 0 Å². The lowest BCUT2D eigenvalue weighted by molar-refractivity contribution is -0.137. The van der Waals surface area contributed by atoms with Gasteiger partial charge in [-0.15, -0.1) is 21.5 Å². The minimum absolute atomic E-state index is 0.0846. The van der Waals surface area contributed by atoms with Gasteiger partial charge in [0.25, 0.3) is 0 Å². The number of hydrogen-bond acceptors (Lipinski definition) is 5. The molecule has 0 aliphatic heterocycles. The average Bonchev–Trinajstić information content (AvgIpc) is 3.02. The highest BCUT2D eigenvalue weighted by atomic mass is 35.5. The Morgan fingerprint density at radius 2 is 2.14 bits per heavy atom. The summed E-state index contributed by atoms with van der Waals surface area (Å²) in [6.07, 6.45) is -3.52. The molecular weight excluding hydrogens is 357 g/mol. The molecule has 116 valence electrons. The molecule has 0 radical (unpaired) electrons. The molecular formula is C12H8ClF3N4S2. The highest BCUT2D eigenvalue weighted by Gasteiger charge is 2.32. The van der Waals surface area contributed by atoms with Crippen molar-refractivity contribution in [2.45, 2.75) is 24.0 Å². The van der Waals surface area contributed by atoms with E-state index in [2.05, 4.69) is 15.2 Å². The van der Waals surface area contributed by atoms with E-state index < -0.39 is 11.7 Å². The van der Waals surface area contributed by atoms with Gasteiger partial charge < -0.3 is 0 Å². The summed E-state index contributed by atoms with van der Waals surface area (Å²) >= 11 is 8.63. The van der Waals surface area contributed by atoms with Crippen molar-refractivity contribution in [1.82, 2.24) is 19.6 Å². The van der Waals surface area contributed by atoms with E-state index in [1.165, 1.54) is 27.5 Å². The molecule has 0 saturated carbocycles. The number of thiazole rings is 1. The minimum atomic E-state index is -4.48. The predicted molar refractivity (Wildman–Crippen MR) is 79.4 cm³/mol. The normalized spacial score (nSPS) is 12.2. The largest absolute Gasteiger partial charge is 0.417 e. The molecule has 3 aromatic heterocycles. The average molecular weight is 365 g/mol. The molecule has 3 heterocycles. The van der Waals surface area contributed by atoms with E-state index in [-0.39, 0.29) is 10.7 Å². The van der Waals surface area contributed by atoms with Crippen molar-refractivity contribution >= 4 is 40.3 Å². The number of hydrogen-bond donors (Lipinski definition) is 0. The Kier molecular flexibility index (Phi) is 4.04. The van der Waals surface area contributed by atoms with Crippen LogP contribution in [-0.2, 0) is 11.9 Å². The van der Waals surface area contributed by atoms with Crippen molar-refractivity contribution in [2.75, 3.05) is 0 Å². The number of fused-ring (bicyclic) bond motifs is 1. The molecule has 0 N–H and O–H groups in total. The van der Waals surface area contributed by atoms with E-state index in [0.29, 0.717) is 10.9 Å². The van der Waals surface area contributed by atoms with E-state index in [1.54, 1.807) is 0 Å². The monoisotopic (exact) mass is 364 g/mol. The van der Waals surface area contributed by atoms with Crippen LogP contribution in [0.3, 0.4) is 0 Å². The van der Waals surface area contributed by atoms with E-state index in [0.717, 1.165) is 23.0 Å². The first-order valence-electron chi connectivity index (χ1n) is 6.00. The van der Waals surface area contributed by atoms with E-state index >= 15 is 0 Å². The predicted octanol–water partition coefficient (Wildman–Crippen LogP) is 4.46. The molecule has 3 aromatic rings. The lowest BCUT2D eigenvalue weighted by Crippen LogP contribution is -2.07. The fraction of sp³-hybridized carbons (Fsp3) is 0.250. The number of halogens is 4. The van der Waals surface area contributed by atoms with Crippen molar-refractivity contribution in [3.8, 4) is 0 Å². The molecule has 0 unspecified atom stereocenters. The maximum absolute atomic E-state index is 12.9. The summed E-state index contributed by atoms with van der Waals surface area (Å²) in [6, 6.07) is 0.851. The number of aromatic nitrogens is 4. The molecule has 4 nitrogen and oxygen atoms in total. The summed E-state index contributed by atoms with van der Waals surface area (Å²) in [5.41, 5.74) is 0.213. The lowest BCUT2D eigenvalue weighted by atomic mass is 10.3. The summed E-state index contributed by atoms with van der Waals surface area (Å²) < 4.78 is 39.8. The van der Waals surface area contributed by atoms with Gasteiger partial charge in [0.1, 0.15) is 0 Å². The van der Waals surface area contributed by atoms with Crippen LogP contribution in [0.5, 0.6) is 0 Å². The second-order valence-electron chi connectivity index (χ2n) is 4.40. The molecule has 22 heavy (non-hydrogen) atoms. The number of alkyl halides is 3. The Bertz CT molecular complexity index is 827. The van der Waals surface area contributed by atoms with Crippen LogP contribution in [0.4, 0.5) is 13.2 Å². The summed E-state index contributed by atoms with van der Waals surface area (Å²) in [5, 5.41) is 10.8. The van der Waals surface area contributed by atoms with Crippen molar-refractivity contribution in [2.24, 2.45) is 0 Å². The molecule has 0 aliphatic carbocycles. The Morgan fingerprint density at radius 1 is 1.36 bits per heavy atom. The van der Waals surface area contributed by atoms with Crippen LogP contribution in [-0.4, -0.2) is 19.6 Å². The number of nitrogens with zero attached hydrogens (tertiary/aromatic N) is 4. The molecule has 0 saturated heterocycles. The molecule has 0 amide bonds. The smallest absolute Gasteiger partial charge is 0.276 e. The fourth-order valence-corrected chi connectivity index (χ4v) is 3.57. The van der Waals surface area contributed by atoms with Gasteiger partial charge in [-0.25, -0.2) is 4.98 Å². The number of aryl methyl sites for hydroxylation is 1. The standard InChI is InChI=1S/C12H8ClF3N4S2/c1-6-17-8(4-21-6)5-22-11-19-18-10-9(13)2-7(3-20(10)11)12(14,15)16/h2-4H,5H2,1H3. The van der Waals surface area contributed by atoms with Crippen LogP contribution in [0.1, 0.15) is 16.3 Å². The zero-order chi connectivity index (χ0) is 15.9. The van der Waals surface area contributed by atoms with E-state index in [1.807, 2.05) is 12.3 Å². The summed E-state index contributed by atoms with van der Waals surface area (Å²) in [4.78, 5) is 4.30. The first-order valence-corrected chi connectivity index (χ1v) is 8.24. The Labute approximate surface area is 136 Å². The molecule has 0 aliphatic rings. The van der Waals surface area contributed by atoms with Gasteiger partial charge in [0, 0.05) is 17.3 Å². The maximum Gasteiger partial charge on any atom is 0.417 e. The molecule has 0 fully saturated rings. The third kappa shape index (κ3) is 3.06. The summed E-state index contributed by atoms with van der Waals surface area (Å²) in [5.74, 6) is 0.499. The van der Waals surface area contributed by atoms with Gasteiger partial charge in [0.15, 0.2) is 10.8 Å². The van der Waals surface area contributed by atoms with Crippen LogP contribution >= 0.6 is 34.7 Å². The maximum atomic E-state index is 12.9. The summed E-state index contributed by atoms with van der Waals surface area (Å²) in [7, 11) is 0. The molecule has 0 spiro atoms. The fourth-order valence-electron chi connectivity index (χ4n) is 1.80. The van der Waals surface area contributed by atoms with Gasteiger partial charge in [-0.2, -0.15) is 13.2 Å². The number of thioether (sulfide) groups is 1. The van der Waals surface area contributed by atoms with Crippen LogP contribution in [0.2, 0.25) is 5.02 Å². The van der Waals surface area contributed by atoms with Gasteiger partial charge in [0.2, 0.25) is 0 Å². The zero-order valence-electron chi connectivity index (χ0n) is 11.1. The van der Waals surface area contributed by atoms with E-state index in [4.69, 9.17) is 11.6 Å². The quantitative estimate of drug-likeness (QED) is 0.643. The molecule has 10 heteroatoms. The SMILES string of the molecule is Cc1nc(CSc2nnc3c(Cl)cc(C(F)(F)F)cn23)cs1. The third-order valence-corrected chi connectivity index (χ3v) is 4.85. The number of rotatable bonds is 3. The second-order valence-corrected chi connectivity index (χ2v) is 6.81. The van der Waals surface area contributed by atoms with Crippen molar-refractivity contribution in [3.05, 3.63) is 38.9 Å². The van der Waals surface area contributed by atoms with Crippen LogP contribution in [0, 0.1) is 6.92 Å². The minimum Gasteiger partial charge on any atom is -0.276 e. The number of pyridine rings is 1. The molecule has 0 bridgehead atoms. The zero-order valence-corrected chi connectivity index (χ0v) is 13.4. The van der Waals surface area contributed by atoms with Crippen molar-refractivity contribution in [1.29, 1.82) is 0 Å². The van der Waals surface area contributed by atoms with Crippen LogP contribution in [0.15, 0.2) is 22.8 Å². The Morgan fingerprint density at radius 3 is 2.77 bits per heavy atom. The van der Waals surface area contributed by atoms with Gasteiger partial charge >= 0.3 is 6.18 Å². The Balaban J connectivity index is 1.94. The molecule has 0 aromatic carbocycles. The highest BCUT2D eigenvalue weighted by Crippen LogP contribution is 2.33. The van der Waals surface area contributed by atoms with Crippen molar-refractivity contribution < 1.29 is 13.2 Å². The first kappa shape index (κ1) is 15.6. The Hall–Kier alpha value is -1.32. The van der Waals surface area contributed by atoms with Crippen LogP contribution in [0.25, 0.3) is 5.65 Å². The van der Waals surface area contributed by atoms with Gasteiger partial charge in [-0.05, 0) is 13.0 Å². The topological polar surface area (TPSA) is 43.1 Å². The third-order valence-electron chi connectivity index (χ3n) is 2.77. The second kappa shape index (κ2) is 5.71. The lowest BCUT2D eigenvalue weighted by Gasteiger charge is -2.08. The van der Waals surface area contributed by atoms with Gasteiger partial charge in [-0.3, -0.25) is 4.40 Å². The van der Waals surface area contributed by atoms with Crippen molar-refractivity contribution in [3.63, 3.8) is 0 Å². The van der Waals surface area contributed by atoms with Gasteiger partial charge in [-0.1, -0.05) is 23.4 Å². The van der Waals surface area contributed by atoms with E-state index in [9.17, 15) is 13.2 Å². The summed E-state index contributed by atoms with van der Waals surface area (Å²) in [6.45, 7) is 1.89. The van der Waals surface area contributed by atoms with Gasteiger partial charge in [0.05, 0.1) is 21.3 Å². The highest BCUT2D eigenvalue weighted by molar-refractivity contribution is 7.98. The molecule has 0 atom stereocenters. The molecule has 3 rings (SSSR count).